The molecule has 17 heavy (non-hydrogen) atoms. The number of fused-ring (bicyclic) bond motifs is 4. The van der Waals surface area contributed by atoms with E-state index in [1.807, 2.05) is 10.6 Å². The number of piperidine rings is 1. The van der Waals surface area contributed by atoms with Crippen LogP contribution in [0.1, 0.15) is 18.0 Å². The maximum atomic E-state index is 11.8. The Bertz CT molecular complexity index is 523. The van der Waals surface area contributed by atoms with Gasteiger partial charge in [0.2, 0.25) is 0 Å². The van der Waals surface area contributed by atoms with Gasteiger partial charge in [0, 0.05) is 37.3 Å². The maximum Gasteiger partial charge on any atom is 0.314 e. The Morgan fingerprint density at radius 1 is 1.29 bits per heavy atom. The summed E-state index contributed by atoms with van der Waals surface area (Å²) in [5.74, 6) is 0.609. The fourth-order valence-electron chi connectivity index (χ4n) is 3.08. The van der Waals surface area contributed by atoms with Crippen molar-refractivity contribution in [3.8, 4) is 0 Å². The number of rotatable bonds is 0. The summed E-state index contributed by atoms with van der Waals surface area (Å²) < 4.78 is 1.84. The van der Waals surface area contributed by atoms with Crippen LogP contribution in [0, 0.1) is 5.92 Å². The number of likely N-dealkylation sites (tertiary alicyclic amines) is 1. The van der Waals surface area contributed by atoms with Crippen LogP contribution in [0.5, 0.6) is 0 Å². The Morgan fingerprint density at radius 3 is 2.88 bits per heavy atom. The van der Waals surface area contributed by atoms with E-state index in [4.69, 9.17) is 5.73 Å². The minimum absolute atomic E-state index is 0.0599. The molecule has 2 aliphatic rings. The topological polar surface area (TPSA) is 68.3 Å². The third-order valence-electron chi connectivity index (χ3n) is 3.79. The van der Waals surface area contributed by atoms with Gasteiger partial charge >= 0.3 is 6.03 Å². The third-order valence-corrected chi connectivity index (χ3v) is 3.79. The van der Waals surface area contributed by atoms with E-state index in [0.717, 1.165) is 12.1 Å². The lowest BCUT2D eigenvalue weighted by Crippen LogP contribution is -2.50. The largest absolute Gasteiger partial charge is 0.351 e. The summed E-state index contributed by atoms with van der Waals surface area (Å²) in [5.41, 5.74) is 6.44. The van der Waals surface area contributed by atoms with E-state index in [0.29, 0.717) is 25.6 Å². The third kappa shape index (κ3) is 1.62. The summed E-state index contributed by atoms with van der Waals surface area (Å²) in [4.78, 5) is 24.7. The second-order valence-corrected chi connectivity index (χ2v) is 4.94. The first-order valence-electron chi connectivity index (χ1n) is 5.89. The van der Waals surface area contributed by atoms with Crippen molar-refractivity contribution >= 4 is 6.03 Å². The summed E-state index contributed by atoms with van der Waals surface area (Å²) in [7, 11) is 0. The molecule has 3 rings (SSSR count). The van der Waals surface area contributed by atoms with Gasteiger partial charge in [0.1, 0.15) is 0 Å². The summed E-state index contributed by atoms with van der Waals surface area (Å²) in [6, 6.07) is 5.01. The number of amides is 2. The fraction of sp³-hybridized carbons (Fsp3) is 0.500. The first-order chi connectivity index (χ1) is 8.15. The number of nitrogens with zero attached hydrogens (tertiary/aromatic N) is 2. The highest BCUT2D eigenvalue weighted by Crippen LogP contribution is 2.34. The van der Waals surface area contributed by atoms with Crippen molar-refractivity contribution < 1.29 is 4.79 Å². The quantitative estimate of drug-likeness (QED) is 0.702. The van der Waals surface area contributed by atoms with Crippen molar-refractivity contribution in [3.63, 3.8) is 0 Å². The Morgan fingerprint density at radius 2 is 2.12 bits per heavy atom. The van der Waals surface area contributed by atoms with Gasteiger partial charge in [-0.15, -0.1) is 0 Å². The first kappa shape index (κ1) is 10.4. The number of pyridine rings is 1. The second-order valence-electron chi connectivity index (χ2n) is 4.94. The van der Waals surface area contributed by atoms with Crippen LogP contribution >= 0.6 is 0 Å². The highest BCUT2D eigenvalue weighted by molar-refractivity contribution is 5.72. The number of primary amides is 1. The Kier molecular flexibility index (Phi) is 2.21. The standard InChI is InChI=1S/C12H15N3O2/c13-12(17)14-5-8-4-9(7-14)10-2-1-3-11(16)15(10)6-8/h1-3,8-9H,4-7H2,(H2,13,17)/t8-,9-/m0/s1. The maximum absolute atomic E-state index is 11.8. The molecule has 2 bridgehead atoms. The Balaban J connectivity index is 2.01. The van der Waals surface area contributed by atoms with Gasteiger partial charge in [-0.3, -0.25) is 4.79 Å². The van der Waals surface area contributed by atoms with Crippen LogP contribution in [0.15, 0.2) is 23.0 Å². The van der Waals surface area contributed by atoms with Gasteiger partial charge in [0.25, 0.3) is 5.56 Å². The summed E-state index contributed by atoms with van der Waals surface area (Å²) in [6.45, 7) is 2.01. The van der Waals surface area contributed by atoms with Crippen molar-refractivity contribution in [2.45, 2.75) is 18.9 Å². The molecule has 1 fully saturated rings. The summed E-state index contributed by atoms with van der Waals surface area (Å²) >= 11 is 0. The molecule has 1 aromatic rings. The molecule has 5 heteroatoms. The highest BCUT2D eigenvalue weighted by atomic mass is 16.2. The van der Waals surface area contributed by atoms with E-state index in [1.165, 1.54) is 0 Å². The number of hydrogen-bond donors (Lipinski definition) is 1. The second kappa shape index (κ2) is 3.61. The van der Waals surface area contributed by atoms with Gasteiger partial charge in [0.15, 0.2) is 0 Å². The number of nitrogens with two attached hydrogens (primary N) is 1. The zero-order chi connectivity index (χ0) is 12.0. The molecule has 0 aliphatic carbocycles. The van der Waals surface area contributed by atoms with E-state index in [2.05, 4.69) is 0 Å². The molecule has 2 N–H and O–H groups in total. The SMILES string of the molecule is NC(=O)N1C[C@@H]2C[C@@H](C1)c1cccc(=O)n1C2. The average molecular weight is 233 g/mol. The van der Waals surface area contributed by atoms with Gasteiger partial charge in [-0.1, -0.05) is 6.07 Å². The molecular weight excluding hydrogens is 218 g/mol. The lowest BCUT2D eigenvalue weighted by Gasteiger charge is -2.42. The van der Waals surface area contributed by atoms with Crippen LogP contribution in [0.25, 0.3) is 0 Å². The predicted molar refractivity (Wildman–Crippen MR) is 62.7 cm³/mol. The van der Waals surface area contributed by atoms with Gasteiger partial charge in [-0.25, -0.2) is 4.79 Å². The molecule has 1 aromatic heterocycles. The molecule has 0 spiro atoms. The lowest BCUT2D eigenvalue weighted by molar-refractivity contribution is 0.137. The Hall–Kier alpha value is -1.78. The van der Waals surface area contributed by atoms with E-state index in [1.54, 1.807) is 17.0 Å². The van der Waals surface area contributed by atoms with Crippen molar-refractivity contribution in [3.05, 3.63) is 34.2 Å². The number of urea groups is 1. The smallest absolute Gasteiger partial charge is 0.314 e. The van der Waals surface area contributed by atoms with Crippen LogP contribution in [0.2, 0.25) is 0 Å². The zero-order valence-electron chi connectivity index (χ0n) is 9.50. The van der Waals surface area contributed by atoms with E-state index in [-0.39, 0.29) is 17.5 Å². The average Bonchev–Trinajstić information content (AvgIpc) is 2.30. The summed E-state index contributed by atoms with van der Waals surface area (Å²) in [5, 5.41) is 0. The molecule has 1 saturated heterocycles. The van der Waals surface area contributed by atoms with Crippen molar-refractivity contribution in [2.75, 3.05) is 13.1 Å². The Labute approximate surface area is 98.8 Å². The van der Waals surface area contributed by atoms with Gasteiger partial charge in [0.05, 0.1) is 0 Å². The molecule has 2 atom stereocenters. The molecule has 2 aliphatic heterocycles. The number of hydrogen-bond acceptors (Lipinski definition) is 2. The van der Waals surface area contributed by atoms with Crippen molar-refractivity contribution in [1.82, 2.24) is 9.47 Å². The zero-order valence-corrected chi connectivity index (χ0v) is 9.50. The van der Waals surface area contributed by atoms with Gasteiger partial charge in [-0.2, -0.15) is 0 Å². The van der Waals surface area contributed by atoms with E-state index >= 15 is 0 Å². The van der Waals surface area contributed by atoms with E-state index < -0.39 is 0 Å². The van der Waals surface area contributed by atoms with Crippen LogP contribution in [-0.2, 0) is 6.54 Å². The molecule has 0 aromatic carbocycles. The minimum Gasteiger partial charge on any atom is -0.351 e. The minimum atomic E-state index is -0.355. The highest BCUT2D eigenvalue weighted by Gasteiger charge is 2.35. The van der Waals surface area contributed by atoms with Gasteiger partial charge in [-0.05, 0) is 18.4 Å². The molecule has 0 radical (unpaired) electrons. The molecular formula is C12H15N3O2. The summed E-state index contributed by atoms with van der Waals surface area (Å²) in [6.07, 6.45) is 1.05. The molecule has 90 valence electrons. The monoisotopic (exact) mass is 233 g/mol. The first-order valence-corrected chi connectivity index (χ1v) is 5.89. The van der Waals surface area contributed by atoms with Crippen LogP contribution < -0.4 is 11.3 Å². The van der Waals surface area contributed by atoms with Crippen LogP contribution in [0.3, 0.4) is 0 Å². The van der Waals surface area contributed by atoms with Crippen LogP contribution in [0.4, 0.5) is 4.79 Å². The van der Waals surface area contributed by atoms with Crippen molar-refractivity contribution in [1.29, 1.82) is 0 Å². The molecule has 2 amide bonds. The molecule has 5 nitrogen and oxygen atoms in total. The van der Waals surface area contributed by atoms with Gasteiger partial charge < -0.3 is 15.2 Å². The van der Waals surface area contributed by atoms with Crippen molar-refractivity contribution in [2.24, 2.45) is 11.7 Å². The number of aromatic nitrogens is 1. The lowest BCUT2D eigenvalue weighted by atomic mass is 9.83. The predicted octanol–water partition coefficient (Wildman–Crippen LogP) is 0.346. The molecule has 0 saturated carbocycles. The van der Waals surface area contributed by atoms with Crippen LogP contribution in [-0.4, -0.2) is 28.6 Å². The number of carbonyl (C=O) groups excluding carboxylic acids is 1. The normalized spacial score (nSPS) is 26.5. The molecule has 0 unspecified atom stereocenters. The fourth-order valence-corrected chi connectivity index (χ4v) is 3.08. The van der Waals surface area contributed by atoms with E-state index in [9.17, 15) is 9.59 Å². The molecule has 3 heterocycles. The number of carbonyl (C=O) groups is 1.